The van der Waals surface area contributed by atoms with E-state index >= 15 is 0 Å². The smallest absolute Gasteiger partial charge is 0.350 e. The number of halogens is 2. The van der Waals surface area contributed by atoms with E-state index in [9.17, 15) is 9.59 Å². The Kier molecular flexibility index (Phi) is 9.63. The number of rotatable bonds is 9. The van der Waals surface area contributed by atoms with Crippen LogP contribution in [0, 0.1) is 6.92 Å². The molecule has 1 aliphatic rings. The maximum atomic E-state index is 12.3. The van der Waals surface area contributed by atoms with Gasteiger partial charge < -0.3 is 14.8 Å². The van der Waals surface area contributed by atoms with Gasteiger partial charge in [0.1, 0.15) is 4.88 Å². The Morgan fingerprint density at radius 1 is 1.38 bits per heavy atom. The standard InChI is InChI=1S/C21H25Cl2N3O4S2/c1-3-29-20(28)19-13(2)25-21(32-19)31-12-18(27)24-9-15-11-26(6-7-30-15)10-14-4-5-16(22)17(23)8-14/h4-5,8,15H,3,6-7,9-12H2,1-2H3,(H,24,27)/t15-/m0/s1. The van der Waals surface area contributed by atoms with Crippen LogP contribution in [0.15, 0.2) is 22.5 Å². The molecule has 3 rings (SSSR count). The first-order valence-electron chi connectivity index (χ1n) is 10.2. The van der Waals surface area contributed by atoms with Gasteiger partial charge in [0.05, 0.1) is 40.8 Å². The molecule has 1 atom stereocenters. The molecule has 2 heterocycles. The zero-order valence-electron chi connectivity index (χ0n) is 17.9. The van der Waals surface area contributed by atoms with Gasteiger partial charge in [-0.15, -0.1) is 11.3 Å². The molecular formula is C21H25Cl2N3O4S2. The summed E-state index contributed by atoms with van der Waals surface area (Å²) in [5.74, 6) is -0.265. The highest BCUT2D eigenvalue weighted by Crippen LogP contribution is 2.28. The van der Waals surface area contributed by atoms with Crippen molar-refractivity contribution in [3.05, 3.63) is 44.4 Å². The summed E-state index contributed by atoms with van der Waals surface area (Å²) in [5.41, 5.74) is 1.70. The molecule has 1 saturated heterocycles. The molecule has 2 aromatic rings. The molecule has 1 aliphatic heterocycles. The number of thiazole rings is 1. The summed E-state index contributed by atoms with van der Waals surface area (Å²) in [7, 11) is 0. The van der Waals surface area contributed by atoms with Crippen LogP contribution in [-0.4, -0.2) is 66.5 Å². The number of nitrogens with zero attached hydrogens (tertiary/aromatic N) is 2. The number of esters is 1. The molecule has 32 heavy (non-hydrogen) atoms. The molecule has 0 unspecified atom stereocenters. The number of amides is 1. The zero-order valence-corrected chi connectivity index (χ0v) is 21.0. The Morgan fingerprint density at radius 3 is 2.94 bits per heavy atom. The quantitative estimate of drug-likeness (QED) is 0.396. The van der Waals surface area contributed by atoms with E-state index in [0.717, 1.165) is 18.7 Å². The number of hydrogen-bond donors (Lipinski definition) is 1. The number of aromatic nitrogens is 1. The molecule has 1 amide bonds. The molecule has 1 fully saturated rings. The molecule has 0 radical (unpaired) electrons. The summed E-state index contributed by atoms with van der Waals surface area (Å²) in [6.45, 7) is 7.14. The minimum atomic E-state index is -0.376. The Labute approximate surface area is 205 Å². The number of morpholine rings is 1. The van der Waals surface area contributed by atoms with Crippen LogP contribution in [0.2, 0.25) is 10.0 Å². The number of carbonyl (C=O) groups excluding carboxylic acids is 2. The lowest BCUT2D eigenvalue weighted by Crippen LogP contribution is -2.47. The zero-order chi connectivity index (χ0) is 23.1. The SMILES string of the molecule is CCOC(=O)c1sc(SCC(=O)NC[C@H]2CN(Cc3ccc(Cl)c(Cl)c3)CCO2)nc1C. The molecule has 0 spiro atoms. The van der Waals surface area contributed by atoms with Crippen LogP contribution in [-0.2, 0) is 20.8 Å². The molecule has 0 bridgehead atoms. The van der Waals surface area contributed by atoms with E-state index in [1.807, 2.05) is 12.1 Å². The molecule has 11 heteroatoms. The molecular weight excluding hydrogens is 493 g/mol. The van der Waals surface area contributed by atoms with Crippen LogP contribution < -0.4 is 5.32 Å². The third-order valence-electron chi connectivity index (χ3n) is 4.70. The average Bonchev–Trinajstić information content (AvgIpc) is 3.14. The number of carbonyl (C=O) groups is 2. The molecule has 0 saturated carbocycles. The van der Waals surface area contributed by atoms with Crippen molar-refractivity contribution in [2.24, 2.45) is 0 Å². The van der Waals surface area contributed by atoms with Gasteiger partial charge in [0.15, 0.2) is 4.34 Å². The number of hydrogen-bond acceptors (Lipinski definition) is 8. The molecule has 174 valence electrons. The second-order valence-electron chi connectivity index (χ2n) is 7.18. The van der Waals surface area contributed by atoms with Crippen molar-refractivity contribution >= 4 is 58.2 Å². The molecule has 1 N–H and O–H groups in total. The Balaban J connectivity index is 1.42. The van der Waals surface area contributed by atoms with Crippen LogP contribution in [0.4, 0.5) is 0 Å². The van der Waals surface area contributed by atoms with Crippen LogP contribution in [0.5, 0.6) is 0 Å². The maximum absolute atomic E-state index is 12.3. The van der Waals surface area contributed by atoms with Crippen molar-refractivity contribution in [1.82, 2.24) is 15.2 Å². The lowest BCUT2D eigenvalue weighted by molar-refractivity contribution is -0.119. The summed E-state index contributed by atoms with van der Waals surface area (Å²) in [4.78, 5) is 31.3. The fourth-order valence-electron chi connectivity index (χ4n) is 3.17. The average molecular weight is 518 g/mol. The largest absolute Gasteiger partial charge is 0.462 e. The first kappa shape index (κ1) is 25.3. The Morgan fingerprint density at radius 2 is 2.19 bits per heavy atom. The third-order valence-corrected chi connectivity index (χ3v) is 7.72. The van der Waals surface area contributed by atoms with Crippen molar-refractivity contribution in [3.8, 4) is 0 Å². The van der Waals surface area contributed by atoms with Gasteiger partial charge in [-0.2, -0.15) is 0 Å². The second kappa shape index (κ2) is 12.2. The Hall–Kier alpha value is -1.36. The van der Waals surface area contributed by atoms with Crippen LogP contribution >= 0.6 is 46.3 Å². The van der Waals surface area contributed by atoms with E-state index < -0.39 is 0 Å². The van der Waals surface area contributed by atoms with Crippen LogP contribution in [0.3, 0.4) is 0 Å². The van der Waals surface area contributed by atoms with Gasteiger partial charge in [0.25, 0.3) is 0 Å². The van der Waals surface area contributed by atoms with E-state index in [0.29, 0.717) is 51.3 Å². The molecule has 1 aromatic heterocycles. The van der Waals surface area contributed by atoms with Crippen molar-refractivity contribution in [2.45, 2.75) is 30.8 Å². The molecule has 1 aromatic carbocycles. The van der Waals surface area contributed by atoms with Gasteiger partial charge in [0, 0.05) is 26.2 Å². The van der Waals surface area contributed by atoms with Gasteiger partial charge in [-0.05, 0) is 31.5 Å². The van der Waals surface area contributed by atoms with Gasteiger partial charge in [-0.25, -0.2) is 9.78 Å². The van der Waals surface area contributed by atoms with Crippen LogP contribution in [0.1, 0.15) is 27.9 Å². The normalized spacial score (nSPS) is 16.7. The molecule has 0 aliphatic carbocycles. The van der Waals surface area contributed by atoms with E-state index in [4.69, 9.17) is 32.7 Å². The lowest BCUT2D eigenvalue weighted by Gasteiger charge is -2.33. The first-order chi connectivity index (χ1) is 15.4. The first-order valence-corrected chi connectivity index (χ1v) is 12.7. The predicted octanol–water partition coefficient (Wildman–Crippen LogP) is 4.04. The third kappa shape index (κ3) is 7.33. The van der Waals surface area contributed by atoms with Gasteiger partial charge in [-0.3, -0.25) is 9.69 Å². The minimum Gasteiger partial charge on any atom is -0.462 e. The van der Waals surface area contributed by atoms with Gasteiger partial charge in [-0.1, -0.05) is 41.0 Å². The van der Waals surface area contributed by atoms with E-state index in [1.165, 1.54) is 23.1 Å². The van der Waals surface area contributed by atoms with Crippen molar-refractivity contribution < 1.29 is 19.1 Å². The predicted molar refractivity (Wildman–Crippen MR) is 128 cm³/mol. The fourth-order valence-corrected chi connectivity index (χ4v) is 5.40. The van der Waals surface area contributed by atoms with Gasteiger partial charge in [0.2, 0.25) is 5.91 Å². The highest BCUT2D eigenvalue weighted by molar-refractivity contribution is 8.01. The number of aryl methyl sites for hydroxylation is 1. The fraction of sp³-hybridized carbons (Fsp3) is 0.476. The summed E-state index contributed by atoms with van der Waals surface area (Å²) in [6, 6.07) is 5.64. The van der Waals surface area contributed by atoms with E-state index in [2.05, 4.69) is 15.2 Å². The summed E-state index contributed by atoms with van der Waals surface area (Å²) in [6.07, 6.45) is -0.0852. The topological polar surface area (TPSA) is 80.8 Å². The number of nitrogens with one attached hydrogen (secondary N) is 1. The van der Waals surface area contributed by atoms with Crippen molar-refractivity contribution in [2.75, 3.05) is 38.6 Å². The van der Waals surface area contributed by atoms with E-state index in [1.54, 1.807) is 19.9 Å². The summed E-state index contributed by atoms with van der Waals surface area (Å²) in [5, 5.41) is 4.01. The number of benzene rings is 1. The minimum absolute atomic E-state index is 0.0852. The number of thioether (sulfide) groups is 1. The maximum Gasteiger partial charge on any atom is 0.350 e. The number of ether oxygens (including phenoxy) is 2. The second-order valence-corrected chi connectivity index (χ2v) is 10.2. The van der Waals surface area contributed by atoms with Crippen molar-refractivity contribution in [1.29, 1.82) is 0 Å². The summed E-state index contributed by atoms with van der Waals surface area (Å²) >= 11 is 14.6. The monoisotopic (exact) mass is 517 g/mol. The lowest BCUT2D eigenvalue weighted by atomic mass is 10.2. The Bertz CT molecular complexity index is 957. The summed E-state index contributed by atoms with van der Waals surface area (Å²) < 4.78 is 11.5. The highest BCUT2D eigenvalue weighted by Gasteiger charge is 2.22. The molecule has 7 nitrogen and oxygen atoms in total. The van der Waals surface area contributed by atoms with Crippen LogP contribution in [0.25, 0.3) is 0 Å². The van der Waals surface area contributed by atoms with Crippen molar-refractivity contribution in [3.63, 3.8) is 0 Å². The van der Waals surface area contributed by atoms with Gasteiger partial charge >= 0.3 is 5.97 Å². The highest BCUT2D eigenvalue weighted by atomic mass is 35.5. The van der Waals surface area contributed by atoms with E-state index in [-0.39, 0.29) is 23.7 Å².